The molecule has 24 heavy (non-hydrogen) atoms. The Labute approximate surface area is 143 Å². The second-order valence-electron chi connectivity index (χ2n) is 5.13. The molecule has 1 N–H and O–H groups in total. The topological polar surface area (TPSA) is 65.9 Å². The number of halogens is 1. The van der Waals surface area contributed by atoms with Crippen LogP contribution in [0.1, 0.15) is 15.9 Å². The zero-order valence-corrected chi connectivity index (χ0v) is 13.6. The number of aromatic nitrogens is 1. The number of hydrogen-bond acceptors (Lipinski definition) is 3. The minimum atomic E-state index is -0.350. The van der Waals surface area contributed by atoms with Crippen LogP contribution in [0.2, 0.25) is 5.02 Å². The predicted molar refractivity (Wildman–Crippen MR) is 94.2 cm³/mol. The van der Waals surface area contributed by atoms with E-state index in [0.29, 0.717) is 21.9 Å². The Kier molecular flexibility index (Phi) is 4.37. The standard InChI is InChI=1S/C19H13ClN2O2/c1-24-18-5-3-2-4-12(18)8-13(10-21)19(23)16-11-22-17-9-14(20)6-7-15(16)17/h2-9,11,22H,1H3/b13-8-. The van der Waals surface area contributed by atoms with Crippen LogP contribution < -0.4 is 4.74 Å². The van der Waals surface area contributed by atoms with Gasteiger partial charge in [0.2, 0.25) is 5.78 Å². The average molecular weight is 337 g/mol. The van der Waals surface area contributed by atoms with Gasteiger partial charge in [0.05, 0.1) is 7.11 Å². The van der Waals surface area contributed by atoms with Gasteiger partial charge >= 0.3 is 0 Å². The molecule has 0 aliphatic carbocycles. The Bertz CT molecular complexity index is 996. The Balaban J connectivity index is 2.06. The molecular weight excluding hydrogens is 324 g/mol. The minimum Gasteiger partial charge on any atom is -0.496 e. The normalized spacial score (nSPS) is 11.3. The number of nitrogens with one attached hydrogen (secondary N) is 1. The lowest BCUT2D eigenvalue weighted by atomic mass is 10.0. The number of H-pyrrole nitrogens is 1. The van der Waals surface area contributed by atoms with Gasteiger partial charge < -0.3 is 9.72 Å². The van der Waals surface area contributed by atoms with Gasteiger partial charge in [-0.2, -0.15) is 5.26 Å². The van der Waals surface area contributed by atoms with Gasteiger partial charge in [0.1, 0.15) is 17.4 Å². The van der Waals surface area contributed by atoms with Crippen molar-refractivity contribution in [1.82, 2.24) is 4.98 Å². The smallest absolute Gasteiger partial charge is 0.205 e. The van der Waals surface area contributed by atoms with Crippen LogP contribution in [-0.4, -0.2) is 17.9 Å². The van der Waals surface area contributed by atoms with Crippen molar-refractivity contribution in [2.45, 2.75) is 0 Å². The highest BCUT2D eigenvalue weighted by Crippen LogP contribution is 2.26. The first kappa shape index (κ1) is 15.9. The van der Waals surface area contributed by atoms with Crippen molar-refractivity contribution in [2.24, 2.45) is 0 Å². The zero-order valence-electron chi connectivity index (χ0n) is 12.8. The second-order valence-corrected chi connectivity index (χ2v) is 5.57. The highest BCUT2D eigenvalue weighted by molar-refractivity contribution is 6.31. The number of hydrogen-bond donors (Lipinski definition) is 1. The third kappa shape index (κ3) is 2.90. The van der Waals surface area contributed by atoms with E-state index in [-0.39, 0.29) is 11.4 Å². The molecular formula is C19H13ClN2O2. The minimum absolute atomic E-state index is 0.0374. The summed E-state index contributed by atoms with van der Waals surface area (Å²) in [7, 11) is 1.55. The maximum atomic E-state index is 12.8. The highest BCUT2D eigenvalue weighted by Gasteiger charge is 2.17. The molecule has 118 valence electrons. The van der Waals surface area contributed by atoms with Crippen LogP contribution in [0.15, 0.2) is 54.2 Å². The maximum Gasteiger partial charge on any atom is 0.205 e. The number of fused-ring (bicyclic) bond motifs is 1. The Morgan fingerprint density at radius 1 is 1.29 bits per heavy atom. The summed E-state index contributed by atoms with van der Waals surface area (Å²) >= 11 is 5.96. The molecule has 0 unspecified atom stereocenters. The number of nitriles is 1. The van der Waals surface area contributed by atoms with E-state index < -0.39 is 0 Å². The van der Waals surface area contributed by atoms with Crippen molar-refractivity contribution in [1.29, 1.82) is 5.26 Å². The second kappa shape index (κ2) is 6.61. The van der Waals surface area contributed by atoms with Gasteiger partial charge in [-0.05, 0) is 24.3 Å². The van der Waals surface area contributed by atoms with Gasteiger partial charge in [-0.25, -0.2) is 0 Å². The van der Waals surface area contributed by atoms with E-state index in [4.69, 9.17) is 16.3 Å². The molecule has 0 aliphatic heterocycles. The van der Waals surface area contributed by atoms with Crippen molar-refractivity contribution in [3.63, 3.8) is 0 Å². The molecule has 0 atom stereocenters. The van der Waals surface area contributed by atoms with Crippen LogP contribution in [0, 0.1) is 11.3 Å². The molecule has 0 saturated heterocycles. The first-order valence-corrected chi connectivity index (χ1v) is 7.58. The monoisotopic (exact) mass is 336 g/mol. The quantitative estimate of drug-likeness (QED) is 0.429. The van der Waals surface area contributed by atoms with Crippen LogP contribution in [0.25, 0.3) is 17.0 Å². The van der Waals surface area contributed by atoms with Gasteiger partial charge in [-0.3, -0.25) is 4.79 Å². The molecule has 4 nitrogen and oxygen atoms in total. The summed E-state index contributed by atoms with van der Waals surface area (Å²) in [6.45, 7) is 0. The van der Waals surface area contributed by atoms with E-state index in [1.807, 2.05) is 18.2 Å². The number of nitrogens with zero attached hydrogens (tertiary/aromatic N) is 1. The molecule has 0 saturated carbocycles. The third-order valence-electron chi connectivity index (χ3n) is 3.69. The van der Waals surface area contributed by atoms with Gasteiger partial charge in [0, 0.05) is 33.2 Å². The van der Waals surface area contributed by atoms with Crippen molar-refractivity contribution < 1.29 is 9.53 Å². The third-order valence-corrected chi connectivity index (χ3v) is 3.93. The molecule has 0 aliphatic rings. The molecule has 5 heteroatoms. The summed E-state index contributed by atoms with van der Waals surface area (Å²) < 4.78 is 5.26. The van der Waals surface area contributed by atoms with Gasteiger partial charge in [-0.1, -0.05) is 35.9 Å². The molecule has 3 aromatic rings. The lowest BCUT2D eigenvalue weighted by Crippen LogP contribution is -2.01. The number of benzene rings is 2. The number of para-hydroxylation sites is 1. The molecule has 3 rings (SSSR count). The van der Waals surface area contributed by atoms with E-state index >= 15 is 0 Å². The van der Waals surface area contributed by atoms with Crippen LogP contribution in [0.4, 0.5) is 0 Å². The predicted octanol–water partition coefficient (Wildman–Crippen LogP) is 4.62. The average Bonchev–Trinajstić information content (AvgIpc) is 3.02. The largest absolute Gasteiger partial charge is 0.496 e. The number of methoxy groups -OCH3 is 1. The van der Waals surface area contributed by atoms with Gasteiger partial charge in [0.15, 0.2) is 0 Å². The van der Waals surface area contributed by atoms with E-state index in [2.05, 4.69) is 4.98 Å². The van der Waals surface area contributed by atoms with E-state index in [1.54, 1.807) is 43.6 Å². The molecule has 0 fully saturated rings. The molecule has 0 bridgehead atoms. The summed E-state index contributed by atoms with van der Waals surface area (Å²) in [5.41, 5.74) is 1.90. The first-order chi connectivity index (χ1) is 11.6. The SMILES string of the molecule is COc1ccccc1/C=C(/C#N)C(=O)c1c[nH]c2cc(Cl)ccc12. The summed E-state index contributed by atoms with van der Waals surface area (Å²) in [5, 5.41) is 10.7. The number of carbonyl (C=O) groups excluding carboxylic acids is 1. The Morgan fingerprint density at radius 3 is 2.83 bits per heavy atom. The summed E-state index contributed by atoms with van der Waals surface area (Å²) in [6.07, 6.45) is 3.13. The fourth-order valence-corrected chi connectivity index (χ4v) is 2.69. The van der Waals surface area contributed by atoms with Gasteiger partial charge in [0.25, 0.3) is 0 Å². The van der Waals surface area contributed by atoms with Crippen molar-refractivity contribution in [3.8, 4) is 11.8 Å². The maximum absolute atomic E-state index is 12.8. The summed E-state index contributed by atoms with van der Waals surface area (Å²) in [6, 6.07) is 14.4. The molecule has 1 heterocycles. The number of rotatable bonds is 4. The summed E-state index contributed by atoms with van der Waals surface area (Å²) in [4.78, 5) is 15.8. The first-order valence-electron chi connectivity index (χ1n) is 7.20. The fourth-order valence-electron chi connectivity index (χ4n) is 2.52. The number of carbonyl (C=O) groups is 1. The van der Waals surface area contributed by atoms with Crippen molar-refractivity contribution >= 4 is 34.4 Å². The summed E-state index contributed by atoms with van der Waals surface area (Å²) in [5.74, 6) is 0.251. The Hall–Kier alpha value is -3.03. The zero-order chi connectivity index (χ0) is 17.1. The number of ether oxygens (including phenoxy) is 1. The lowest BCUT2D eigenvalue weighted by Gasteiger charge is -2.04. The van der Waals surface area contributed by atoms with E-state index in [9.17, 15) is 10.1 Å². The van der Waals surface area contributed by atoms with E-state index in [1.165, 1.54) is 6.08 Å². The van der Waals surface area contributed by atoms with Crippen LogP contribution >= 0.6 is 11.6 Å². The van der Waals surface area contributed by atoms with Crippen molar-refractivity contribution in [2.75, 3.05) is 7.11 Å². The number of allylic oxidation sites excluding steroid dienone is 1. The van der Waals surface area contributed by atoms with Crippen LogP contribution in [-0.2, 0) is 0 Å². The van der Waals surface area contributed by atoms with Crippen molar-refractivity contribution in [3.05, 3.63) is 70.4 Å². The fraction of sp³-hybridized carbons (Fsp3) is 0.0526. The molecule has 2 aromatic carbocycles. The van der Waals surface area contributed by atoms with E-state index in [0.717, 1.165) is 10.9 Å². The number of Topliss-reactive ketones (excluding diaryl/α,β-unsaturated/α-hetero) is 1. The molecule has 0 spiro atoms. The molecule has 1 aromatic heterocycles. The Morgan fingerprint density at radius 2 is 2.08 bits per heavy atom. The highest BCUT2D eigenvalue weighted by atomic mass is 35.5. The molecule has 0 radical (unpaired) electrons. The molecule has 0 amide bonds. The van der Waals surface area contributed by atoms with Crippen LogP contribution in [0.3, 0.4) is 0 Å². The number of aromatic amines is 1. The lowest BCUT2D eigenvalue weighted by molar-refractivity contribution is 0.104. The van der Waals surface area contributed by atoms with Crippen LogP contribution in [0.5, 0.6) is 5.75 Å². The van der Waals surface area contributed by atoms with Gasteiger partial charge in [-0.15, -0.1) is 0 Å². The number of ketones is 1.